The van der Waals surface area contributed by atoms with Gasteiger partial charge in [-0.25, -0.2) is 0 Å². The fourth-order valence-corrected chi connectivity index (χ4v) is 2.54. The van der Waals surface area contributed by atoms with Crippen LogP contribution in [0.3, 0.4) is 0 Å². The minimum Gasteiger partial charge on any atom is -0.495 e. The Morgan fingerprint density at radius 1 is 1.69 bits per heavy atom. The molecule has 1 aliphatic rings. The number of hydrogen-bond acceptors (Lipinski definition) is 3. The number of fused-ring (bicyclic) bond motifs is 1. The van der Waals surface area contributed by atoms with Crippen molar-refractivity contribution in [2.75, 3.05) is 12.9 Å². The molecular formula is C9H11NO2S. The molecule has 0 aromatic carbocycles. The number of aromatic nitrogens is 1. The fraction of sp³-hybridized carbons (Fsp3) is 0.444. The largest absolute Gasteiger partial charge is 0.495 e. The molecule has 0 fully saturated rings. The predicted molar refractivity (Wildman–Crippen MR) is 52.5 cm³/mol. The Hall–Kier alpha value is -0.900. The minimum atomic E-state index is 0.729. The summed E-state index contributed by atoms with van der Waals surface area (Å²) >= 11 is 1.87. The highest BCUT2D eigenvalue weighted by Gasteiger charge is 2.18. The maximum atomic E-state index is 10.7. The molecular weight excluding hydrogens is 186 g/mol. The molecule has 0 N–H and O–H groups in total. The first-order valence-electron chi connectivity index (χ1n) is 4.16. The van der Waals surface area contributed by atoms with Gasteiger partial charge in [-0.15, -0.1) is 0 Å². The molecule has 1 aliphatic heterocycles. The van der Waals surface area contributed by atoms with Gasteiger partial charge in [0.25, 0.3) is 0 Å². The molecule has 0 aliphatic carbocycles. The van der Waals surface area contributed by atoms with Gasteiger partial charge in [0.15, 0.2) is 6.29 Å². The standard InChI is InChI=1S/C9H11NO2S/c1-12-9-4-7(5-11)10-2-3-13-6-8(9)10/h4-5H,2-3,6H2,1H3. The average Bonchev–Trinajstić information content (AvgIpc) is 2.56. The van der Waals surface area contributed by atoms with E-state index in [-0.39, 0.29) is 0 Å². The molecule has 0 bridgehead atoms. The highest BCUT2D eigenvalue weighted by atomic mass is 32.2. The maximum Gasteiger partial charge on any atom is 0.166 e. The van der Waals surface area contributed by atoms with E-state index < -0.39 is 0 Å². The van der Waals surface area contributed by atoms with Crippen molar-refractivity contribution in [3.05, 3.63) is 17.5 Å². The Morgan fingerprint density at radius 3 is 3.23 bits per heavy atom. The third kappa shape index (κ3) is 1.35. The van der Waals surface area contributed by atoms with Crippen molar-refractivity contribution in [2.24, 2.45) is 0 Å². The van der Waals surface area contributed by atoms with Crippen molar-refractivity contribution in [1.82, 2.24) is 4.57 Å². The molecule has 0 spiro atoms. The summed E-state index contributed by atoms with van der Waals surface area (Å²) < 4.78 is 7.25. The van der Waals surface area contributed by atoms with Gasteiger partial charge in [-0.2, -0.15) is 11.8 Å². The van der Waals surface area contributed by atoms with Crippen LogP contribution in [0.15, 0.2) is 6.07 Å². The Kier molecular flexibility index (Phi) is 2.31. The lowest BCUT2D eigenvalue weighted by Gasteiger charge is -2.16. The van der Waals surface area contributed by atoms with Crippen LogP contribution in [0.2, 0.25) is 0 Å². The molecule has 0 radical (unpaired) electrons. The topological polar surface area (TPSA) is 31.2 Å². The molecule has 70 valence electrons. The molecule has 2 rings (SSSR count). The first-order valence-corrected chi connectivity index (χ1v) is 5.31. The predicted octanol–water partition coefficient (Wildman–Crippen LogP) is 1.56. The molecule has 2 heterocycles. The molecule has 1 aromatic rings. The summed E-state index contributed by atoms with van der Waals surface area (Å²) in [5.41, 5.74) is 1.87. The molecule has 13 heavy (non-hydrogen) atoms. The number of carbonyl (C=O) groups is 1. The summed E-state index contributed by atoms with van der Waals surface area (Å²) in [5, 5.41) is 0. The second-order valence-electron chi connectivity index (χ2n) is 2.91. The second-order valence-corrected chi connectivity index (χ2v) is 4.01. The van der Waals surface area contributed by atoms with Crippen LogP contribution in [-0.2, 0) is 12.3 Å². The van der Waals surface area contributed by atoms with Crippen LogP contribution >= 0.6 is 11.8 Å². The van der Waals surface area contributed by atoms with E-state index in [0.29, 0.717) is 0 Å². The Labute approximate surface area is 81.1 Å². The lowest BCUT2D eigenvalue weighted by molar-refractivity contribution is 0.111. The van der Waals surface area contributed by atoms with Crippen LogP contribution in [0.4, 0.5) is 0 Å². The second kappa shape index (κ2) is 3.46. The Bertz CT molecular complexity index is 333. The van der Waals surface area contributed by atoms with E-state index in [1.54, 1.807) is 7.11 Å². The first-order chi connectivity index (χ1) is 6.36. The third-order valence-electron chi connectivity index (χ3n) is 2.24. The van der Waals surface area contributed by atoms with Gasteiger partial charge in [0.05, 0.1) is 18.5 Å². The van der Waals surface area contributed by atoms with Gasteiger partial charge < -0.3 is 9.30 Å². The number of ether oxygens (including phenoxy) is 1. The van der Waals surface area contributed by atoms with Crippen LogP contribution in [-0.4, -0.2) is 23.7 Å². The summed E-state index contributed by atoms with van der Waals surface area (Å²) in [7, 11) is 1.64. The molecule has 0 atom stereocenters. The molecule has 1 aromatic heterocycles. The number of thioether (sulfide) groups is 1. The number of carbonyl (C=O) groups excluding carboxylic acids is 1. The minimum absolute atomic E-state index is 0.729. The fourth-order valence-electron chi connectivity index (χ4n) is 1.60. The molecule has 0 saturated heterocycles. The summed E-state index contributed by atoms with van der Waals surface area (Å²) in [6.45, 7) is 0.914. The maximum absolute atomic E-state index is 10.7. The number of nitrogens with zero attached hydrogens (tertiary/aromatic N) is 1. The van der Waals surface area contributed by atoms with Crippen molar-refractivity contribution in [1.29, 1.82) is 0 Å². The SMILES string of the molecule is COc1cc(C=O)n2c1CSCC2. The van der Waals surface area contributed by atoms with Crippen LogP contribution in [0, 0.1) is 0 Å². The van der Waals surface area contributed by atoms with Gasteiger partial charge in [-0.1, -0.05) is 0 Å². The van der Waals surface area contributed by atoms with E-state index in [0.717, 1.165) is 41.5 Å². The zero-order valence-electron chi connectivity index (χ0n) is 7.45. The van der Waals surface area contributed by atoms with E-state index in [9.17, 15) is 4.79 Å². The monoisotopic (exact) mass is 197 g/mol. The summed E-state index contributed by atoms with van der Waals surface area (Å²) in [5.74, 6) is 2.86. The Morgan fingerprint density at radius 2 is 2.54 bits per heavy atom. The van der Waals surface area contributed by atoms with Gasteiger partial charge in [-0.05, 0) is 0 Å². The average molecular weight is 197 g/mol. The summed E-state index contributed by atoms with van der Waals surface area (Å²) in [4.78, 5) is 10.7. The zero-order chi connectivity index (χ0) is 9.26. The summed E-state index contributed by atoms with van der Waals surface area (Å²) in [6.07, 6.45) is 0.891. The summed E-state index contributed by atoms with van der Waals surface area (Å²) in [6, 6.07) is 1.81. The molecule has 0 saturated carbocycles. The molecule has 0 unspecified atom stereocenters. The third-order valence-corrected chi connectivity index (χ3v) is 3.19. The highest BCUT2D eigenvalue weighted by Crippen LogP contribution is 2.30. The smallest absolute Gasteiger partial charge is 0.166 e. The molecule has 0 amide bonds. The Balaban J connectivity index is 2.50. The van der Waals surface area contributed by atoms with Crippen molar-refractivity contribution in [2.45, 2.75) is 12.3 Å². The zero-order valence-corrected chi connectivity index (χ0v) is 8.26. The van der Waals surface area contributed by atoms with E-state index in [1.165, 1.54) is 0 Å². The number of rotatable bonds is 2. The quantitative estimate of drug-likeness (QED) is 0.674. The first kappa shape index (κ1) is 8.69. The van der Waals surface area contributed by atoms with Crippen molar-refractivity contribution >= 4 is 18.0 Å². The van der Waals surface area contributed by atoms with Crippen molar-refractivity contribution in [3.8, 4) is 5.75 Å². The normalized spacial score (nSPS) is 15.2. The van der Waals surface area contributed by atoms with Crippen molar-refractivity contribution in [3.63, 3.8) is 0 Å². The lowest BCUT2D eigenvalue weighted by atomic mass is 10.4. The van der Waals surface area contributed by atoms with Gasteiger partial charge in [0, 0.05) is 24.1 Å². The number of hydrogen-bond donors (Lipinski definition) is 0. The van der Waals surface area contributed by atoms with Crippen LogP contribution < -0.4 is 4.74 Å². The molecule has 3 nitrogen and oxygen atoms in total. The van der Waals surface area contributed by atoms with Gasteiger partial charge in [0.2, 0.25) is 0 Å². The number of aldehydes is 1. The van der Waals surface area contributed by atoms with E-state index in [2.05, 4.69) is 0 Å². The van der Waals surface area contributed by atoms with Crippen LogP contribution in [0.5, 0.6) is 5.75 Å². The lowest BCUT2D eigenvalue weighted by Crippen LogP contribution is -2.12. The van der Waals surface area contributed by atoms with Crippen LogP contribution in [0.25, 0.3) is 0 Å². The van der Waals surface area contributed by atoms with Gasteiger partial charge in [0.1, 0.15) is 5.75 Å². The van der Waals surface area contributed by atoms with Gasteiger partial charge in [-0.3, -0.25) is 4.79 Å². The van der Waals surface area contributed by atoms with Crippen LogP contribution in [0.1, 0.15) is 16.2 Å². The highest BCUT2D eigenvalue weighted by molar-refractivity contribution is 7.98. The van der Waals surface area contributed by atoms with E-state index in [1.807, 2.05) is 22.4 Å². The number of methoxy groups -OCH3 is 1. The van der Waals surface area contributed by atoms with Crippen molar-refractivity contribution < 1.29 is 9.53 Å². The molecule has 4 heteroatoms. The van der Waals surface area contributed by atoms with E-state index >= 15 is 0 Å². The van der Waals surface area contributed by atoms with E-state index in [4.69, 9.17) is 4.74 Å². The van der Waals surface area contributed by atoms with Gasteiger partial charge >= 0.3 is 0 Å².